The molecule has 0 aliphatic carbocycles. The van der Waals surface area contributed by atoms with Crippen LogP contribution in [-0.4, -0.2) is 12.4 Å². The third-order valence-electron chi connectivity index (χ3n) is 3.57. The Balaban J connectivity index is 1.82. The summed E-state index contributed by atoms with van der Waals surface area (Å²) >= 11 is 6.13. The van der Waals surface area contributed by atoms with E-state index >= 15 is 0 Å². The molecule has 24 heavy (non-hydrogen) atoms. The lowest BCUT2D eigenvalue weighted by Gasteiger charge is -2.05. The maximum atomic E-state index is 12.4. The van der Waals surface area contributed by atoms with Gasteiger partial charge >= 0.3 is 0 Å². The van der Waals surface area contributed by atoms with Gasteiger partial charge in [-0.2, -0.15) is 0 Å². The van der Waals surface area contributed by atoms with Crippen molar-refractivity contribution in [3.8, 4) is 11.5 Å². The third kappa shape index (κ3) is 3.52. The summed E-state index contributed by atoms with van der Waals surface area (Å²) in [6.45, 7) is 4.51. The van der Waals surface area contributed by atoms with E-state index in [0.717, 1.165) is 5.56 Å². The third-order valence-corrected chi connectivity index (χ3v) is 3.92. The van der Waals surface area contributed by atoms with Crippen LogP contribution in [0.5, 0.6) is 11.5 Å². The molecule has 0 atom stereocenters. The van der Waals surface area contributed by atoms with E-state index in [0.29, 0.717) is 28.7 Å². The van der Waals surface area contributed by atoms with Crippen molar-refractivity contribution in [2.45, 2.75) is 13.8 Å². The number of hydrogen-bond donors (Lipinski definition) is 0. The molecule has 1 aliphatic rings. The molecular weight excluding hydrogens is 324 g/mol. The van der Waals surface area contributed by atoms with Gasteiger partial charge in [0, 0.05) is 11.1 Å². The highest BCUT2D eigenvalue weighted by Crippen LogP contribution is 2.35. The van der Waals surface area contributed by atoms with Gasteiger partial charge in [-0.1, -0.05) is 35.4 Å². The molecule has 2 aromatic carbocycles. The van der Waals surface area contributed by atoms with E-state index in [-0.39, 0.29) is 11.5 Å². The van der Waals surface area contributed by atoms with Crippen molar-refractivity contribution in [1.82, 2.24) is 0 Å². The van der Waals surface area contributed by atoms with E-state index in [1.165, 1.54) is 5.57 Å². The Morgan fingerprint density at radius 3 is 2.75 bits per heavy atom. The first-order valence-corrected chi connectivity index (χ1v) is 8.01. The van der Waals surface area contributed by atoms with Gasteiger partial charge in [0.1, 0.15) is 18.1 Å². The smallest absolute Gasteiger partial charge is 0.231 e. The molecule has 1 heterocycles. The van der Waals surface area contributed by atoms with Crippen LogP contribution in [-0.2, 0) is 0 Å². The quantitative estimate of drug-likeness (QED) is 0.559. The number of allylic oxidation sites excluding steroid dienone is 2. The number of carbonyl (C=O) groups excluding carboxylic acids is 1. The SMILES string of the molecule is CC(C)=CCOc1ccc2c(c1)O/C(=C\c1ccccc1Cl)C2=O. The number of carbonyl (C=O) groups is 1. The number of fused-ring (bicyclic) bond motifs is 1. The molecule has 0 aromatic heterocycles. The molecule has 0 unspecified atom stereocenters. The van der Waals surface area contributed by atoms with Gasteiger partial charge < -0.3 is 9.47 Å². The van der Waals surface area contributed by atoms with Crippen molar-refractivity contribution in [2.24, 2.45) is 0 Å². The molecule has 0 bridgehead atoms. The minimum atomic E-state index is -0.152. The minimum absolute atomic E-state index is 0.152. The second-order valence-corrected chi connectivity index (χ2v) is 6.12. The fourth-order valence-electron chi connectivity index (χ4n) is 2.29. The van der Waals surface area contributed by atoms with Gasteiger partial charge in [-0.15, -0.1) is 0 Å². The van der Waals surface area contributed by atoms with E-state index < -0.39 is 0 Å². The van der Waals surface area contributed by atoms with Gasteiger partial charge in [0.05, 0.1) is 5.56 Å². The molecule has 0 saturated heterocycles. The fraction of sp³-hybridized carbons (Fsp3) is 0.150. The Morgan fingerprint density at radius 2 is 2.00 bits per heavy atom. The Bertz CT molecular complexity index is 846. The van der Waals surface area contributed by atoms with Crippen molar-refractivity contribution in [2.75, 3.05) is 6.61 Å². The first-order chi connectivity index (χ1) is 11.5. The first kappa shape index (κ1) is 16.3. The average molecular weight is 341 g/mol. The Hall–Kier alpha value is -2.52. The summed E-state index contributed by atoms with van der Waals surface area (Å²) in [7, 11) is 0. The van der Waals surface area contributed by atoms with E-state index in [4.69, 9.17) is 21.1 Å². The van der Waals surface area contributed by atoms with Crippen molar-refractivity contribution >= 4 is 23.5 Å². The zero-order valence-corrected chi connectivity index (χ0v) is 14.3. The van der Waals surface area contributed by atoms with Crippen LogP contribution in [0.3, 0.4) is 0 Å². The van der Waals surface area contributed by atoms with Gasteiger partial charge in [0.25, 0.3) is 0 Å². The molecule has 0 amide bonds. The van der Waals surface area contributed by atoms with Crippen LogP contribution in [0.2, 0.25) is 5.02 Å². The summed E-state index contributed by atoms with van der Waals surface area (Å²) in [6, 6.07) is 12.5. The van der Waals surface area contributed by atoms with E-state index in [2.05, 4.69) is 0 Å². The molecule has 122 valence electrons. The standard InChI is InChI=1S/C20H17ClO3/c1-13(2)9-10-23-15-7-8-16-18(12-15)24-19(20(16)22)11-14-5-3-4-6-17(14)21/h3-9,11-12H,10H2,1-2H3/b19-11-. The summed E-state index contributed by atoms with van der Waals surface area (Å²) in [4.78, 5) is 12.4. The van der Waals surface area contributed by atoms with Gasteiger partial charge in [-0.05, 0) is 49.8 Å². The van der Waals surface area contributed by atoms with Crippen LogP contribution in [0.15, 0.2) is 59.9 Å². The Kier molecular flexibility index (Phi) is 4.72. The topological polar surface area (TPSA) is 35.5 Å². The number of hydrogen-bond acceptors (Lipinski definition) is 3. The second-order valence-electron chi connectivity index (χ2n) is 5.71. The molecule has 4 heteroatoms. The predicted octanol–water partition coefficient (Wildman–Crippen LogP) is 5.30. The zero-order chi connectivity index (χ0) is 17.1. The summed E-state index contributed by atoms with van der Waals surface area (Å²) in [5, 5.41) is 0.572. The van der Waals surface area contributed by atoms with Crippen LogP contribution in [0.4, 0.5) is 0 Å². The maximum absolute atomic E-state index is 12.4. The highest BCUT2D eigenvalue weighted by atomic mass is 35.5. The van der Waals surface area contributed by atoms with Crippen LogP contribution >= 0.6 is 11.6 Å². The number of benzene rings is 2. The number of Topliss-reactive ketones (excluding diaryl/α,β-unsaturated/α-hetero) is 1. The maximum Gasteiger partial charge on any atom is 0.231 e. The number of halogens is 1. The van der Waals surface area contributed by atoms with Crippen molar-refractivity contribution in [3.05, 3.63) is 76.0 Å². The molecule has 0 fully saturated rings. The predicted molar refractivity (Wildman–Crippen MR) is 95.8 cm³/mol. The lowest BCUT2D eigenvalue weighted by atomic mass is 10.1. The van der Waals surface area contributed by atoms with Gasteiger partial charge in [0.2, 0.25) is 5.78 Å². The highest BCUT2D eigenvalue weighted by molar-refractivity contribution is 6.32. The van der Waals surface area contributed by atoms with E-state index in [1.54, 1.807) is 30.3 Å². The molecule has 1 aliphatic heterocycles. The zero-order valence-electron chi connectivity index (χ0n) is 13.5. The van der Waals surface area contributed by atoms with Crippen LogP contribution in [0, 0.1) is 0 Å². The molecule has 3 nitrogen and oxygen atoms in total. The van der Waals surface area contributed by atoms with Crippen LogP contribution in [0.25, 0.3) is 6.08 Å². The molecule has 2 aromatic rings. The lowest BCUT2D eigenvalue weighted by Crippen LogP contribution is -1.98. The number of ketones is 1. The Labute approximate surface area is 146 Å². The van der Waals surface area contributed by atoms with Crippen molar-refractivity contribution < 1.29 is 14.3 Å². The lowest BCUT2D eigenvalue weighted by molar-refractivity contribution is 0.101. The fourth-order valence-corrected chi connectivity index (χ4v) is 2.49. The average Bonchev–Trinajstić information content (AvgIpc) is 2.85. The molecule has 0 saturated carbocycles. The Morgan fingerprint density at radius 1 is 1.21 bits per heavy atom. The molecular formula is C20H17ClO3. The monoisotopic (exact) mass is 340 g/mol. The minimum Gasteiger partial charge on any atom is -0.489 e. The molecule has 3 rings (SSSR count). The largest absolute Gasteiger partial charge is 0.489 e. The van der Waals surface area contributed by atoms with Gasteiger partial charge in [0.15, 0.2) is 5.76 Å². The van der Waals surface area contributed by atoms with E-state index in [1.807, 2.05) is 38.1 Å². The van der Waals surface area contributed by atoms with Gasteiger partial charge in [-0.3, -0.25) is 4.79 Å². The van der Waals surface area contributed by atoms with Crippen molar-refractivity contribution in [1.29, 1.82) is 0 Å². The normalized spacial score (nSPS) is 14.3. The van der Waals surface area contributed by atoms with Crippen LogP contribution in [0.1, 0.15) is 29.8 Å². The van der Waals surface area contributed by atoms with E-state index in [9.17, 15) is 4.79 Å². The number of ether oxygens (including phenoxy) is 2. The van der Waals surface area contributed by atoms with Gasteiger partial charge in [-0.25, -0.2) is 0 Å². The molecule has 0 spiro atoms. The molecule has 0 radical (unpaired) electrons. The van der Waals surface area contributed by atoms with Crippen LogP contribution < -0.4 is 9.47 Å². The number of rotatable bonds is 4. The van der Waals surface area contributed by atoms with Crippen molar-refractivity contribution in [3.63, 3.8) is 0 Å². The summed E-state index contributed by atoms with van der Waals surface area (Å²) in [6.07, 6.45) is 3.65. The summed E-state index contributed by atoms with van der Waals surface area (Å²) in [5.41, 5.74) is 2.46. The first-order valence-electron chi connectivity index (χ1n) is 7.63. The summed E-state index contributed by atoms with van der Waals surface area (Å²) in [5.74, 6) is 1.28. The molecule has 0 N–H and O–H groups in total. The highest BCUT2D eigenvalue weighted by Gasteiger charge is 2.27. The summed E-state index contributed by atoms with van der Waals surface area (Å²) < 4.78 is 11.3. The second kappa shape index (κ2) is 6.93.